The molecule has 0 aliphatic heterocycles. The molecule has 20 heavy (non-hydrogen) atoms. The molecule has 3 rings (SSSR count). The van der Waals surface area contributed by atoms with E-state index in [9.17, 15) is 4.79 Å². The molecule has 0 fully saturated rings. The van der Waals surface area contributed by atoms with Gasteiger partial charge in [0.2, 0.25) is 5.89 Å². The van der Waals surface area contributed by atoms with Crippen LogP contribution in [0.2, 0.25) is 0 Å². The van der Waals surface area contributed by atoms with Crippen LogP contribution in [0.25, 0.3) is 22.4 Å². The molecule has 0 atom stereocenters. The van der Waals surface area contributed by atoms with Crippen molar-refractivity contribution in [2.45, 2.75) is 0 Å². The molecule has 1 heterocycles. The van der Waals surface area contributed by atoms with E-state index in [1.807, 2.05) is 24.3 Å². The number of hydrogen-bond acceptors (Lipinski definition) is 4. The van der Waals surface area contributed by atoms with Crippen LogP contribution in [0, 0.1) is 0 Å². The minimum Gasteiger partial charge on any atom is -0.497 e. The largest absolute Gasteiger partial charge is 0.497 e. The average Bonchev–Trinajstić information content (AvgIpc) is 2.47. The summed E-state index contributed by atoms with van der Waals surface area (Å²) >= 11 is 3.36. The third-order valence-corrected chi connectivity index (χ3v) is 3.45. The van der Waals surface area contributed by atoms with Crippen LogP contribution in [0.15, 0.2) is 56.1 Å². The van der Waals surface area contributed by atoms with Crippen LogP contribution in [-0.2, 0) is 0 Å². The van der Waals surface area contributed by atoms with Gasteiger partial charge in [0.15, 0.2) is 0 Å². The molecule has 2 aromatic carbocycles. The molecule has 0 N–H and O–H groups in total. The minimum absolute atomic E-state index is 0.306. The van der Waals surface area contributed by atoms with Crippen LogP contribution in [0.5, 0.6) is 5.75 Å². The molecule has 0 spiro atoms. The van der Waals surface area contributed by atoms with Crippen molar-refractivity contribution in [2.75, 3.05) is 7.11 Å². The average molecular weight is 332 g/mol. The highest BCUT2D eigenvalue weighted by Gasteiger charge is 2.09. The van der Waals surface area contributed by atoms with Crippen molar-refractivity contribution in [2.24, 2.45) is 0 Å². The van der Waals surface area contributed by atoms with Crippen molar-refractivity contribution in [3.63, 3.8) is 0 Å². The van der Waals surface area contributed by atoms with Gasteiger partial charge in [0.25, 0.3) is 0 Å². The van der Waals surface area contributed by atoms with Crippen LogP contribution in [-0.4, -0.2) is 12.1 Å². The predicted octanol–water partition coefficient (Wildman–Crippen LogP) is 3.63. The standard InChI is InChI=1S/C15H10BrNO3/c1-19-11-6-7-13-12(8-11)15(18)20-14(17-13)9-2-4-10(16)5-3-9/h2-8H,1H3. The molecule has 0 unspecified atom stereocenters. The second kappa shape index (κ2) is 5.09. The Hall–Kier alpha value is -2.14. The van der Waals surface area contributed by atoms with Crippen LogP contribution in [0.4, 0.5) is 0 Å². The molecular weight excluding hydrogens is 322 g/mol. The zero-order valence-electron chi connectivity index (χ0n) is 10.6. The number of hydrogen-bond donors (Lipinski definition) is 0. The summed E-state index contributed by atoms with van der Waals surface area (Å²) in [5.41, 5.74) is 0.912. The maximum atomic E-state index is 12.0. The maximum absolute atomic E-state index is 12.0. The SMILES string of the molecule is COc1ccc2nc(-c3ccc(Br)cc3)oc(=O)c2c1. The fourth-order valence-corrected chi connectivity index (χ4v) is 2.16. The van der Waals surface area contributed by atoms with Crippen molar-refractivity contribution in [1.82, 2.24) is 4.98 Å². The molecule has 100 valence electrons. The molecule has 0 amide bonds. The Bertz CT molecular complexity index is 825. The first-order valence-corrected chi connectivity index (χ1v) is 6.71. The first kappa shape index (κ1) is 12.9. The fraction of sp³-hybridized carbons (Fsp3) is 0.0667. The molecule has 0 saturated carbocycles. The number of halogens is 1. The van der Waals surface area contributed by atoms with Gasteiger partial charge >= 0.3 is 5.63 Å². The van der Waals surface area contributed by atoms with Gasteiger partial charge in [0, 0.05) is 10.0 Å². The first-order valence-electron chi connectivity index (χ1n) is 5.92. The van der Waals surface area contributed by atoms with Crippen LogP contribution in [0.3, 0.4) is 0 Å². The third-order valence-electron chi connectivity index (χ3n) is 2.93. The lowest BCUT2D eigenvalue weighted by atomic mass is 10.2. The molecule has 0 bridgehead atoms. The lowest BCUT2D eigenvalue weighted by Crippen LogP contribution is -2.03. The number of nitrogens with zero attached hydrogens (tertiary/aromatic N) is 1. The summed E-state index contributed by atoms with van der Waals surface area (Å²) in [6.07, 6.45) is 0. The van der Waals surface area contributed by atoms with Gasteiger partial charge in [-0.15, -0.1) is 0 Å². The van der Waals surface area contributed by atoms with E-state index in [4.69, 9.17) is 9.15 Å². The molecule has 0 aliphatic rings. The Kier molecular flexibility index (Phi) is 3.28. The number of ether oxygens (including phenoxy) is 1. The van der Waals surface area contributed by atoms with E-state index in [0.29, 0.717) is 22.5 Å². The van der Waals surface area contributed by atoms with Crippen LogP contribution < -0.4 is 10.4 Å². The van der Waals surface area contributed by atoms with Gasteiger partial charge in [-0.2, -0.15) is 0 Å². The summed E-state index contributed by atoms with van der Waals surface area (Å²) < 4.78 is 11.3. The highest BCUT2D eigenvalue weighted by atomic mass is 79.9. The highest BCUT2D eigenvalue weighted by Crippen LogP contribution is 2.22. The Morgan fingerprint density at radius 1 is 1.15 bits per heavy atom. The molecule has 0 saturated heterocycles. The highest BCUT2D eigenvalue weighted by molar-refractivity contribution is 9.10. The summed E-state index contributed by atoms with van der Waals surface area (Å²) in [4.78, 5) is 16.4. The van der Waals surface area contributed by atoms with Gasteiger partial charge in [-0.1, -0.05) is 15.9 Å². The van der Waals surface area contributed by atoms with E-state index in [1.165, 1.54) is 0 Å². The van der Waals surface area contributed by atoms with Gasteiger partial charge in [-0.3, -0.25) is 0 Å². The second-order valence-electron chi connectivity index (χ2n) is 4.20. The van der Waals surface area contributed by atoms with Crippen LogP contribution >= 0.6 is 15.9 Å². The third kappa shape index (κ3) is 2.32. The van der Waals surface area contributed by atoms with Gasteiger partial charge in [-0.05, 0) is 42.5 Å². The van der Waals surface area contributed by atoms with E-state index in [1.54, 1.807) is 25.3 Å². The topological polar surface area (TPSA) is 52.3 Å². The smallest absolute Gasteiger partial charge is 0.347 e. The number of aromatic nitrogens is 1. The van der Waals surface area contributed by atoms with Gasteiger partial charge in [0.1, 0.15) is 5.75 Å². The van der Waals surface area contributed by atoms with Gasteiger partial charge in [0.05, 0.1) is 18.0 Å². The van der Waals surface area contributed by atoms with Gasteiger partial charge < -0.3 is 9.15 Å². The second-order valence-corrected chi connectivity index (χ2v) is 5.11. The van der Waals surface area contributed by atoms with Crippen molar-refractivity contribution in [1.29, 1.82) is 0 Å². The zero-order valence-corrected chi connectivity index (χ0v) is 12.2. The Labute approximate surface area is 123 Å². The minimum atomic E-state index is -0.424. The number of methoxy groups -OCH3 is 1. The Balaban J connectivity index is 2.19. The van der Waals surface area contributed by atoms with Crippen LogP contribution in [0.1, 0.15) is 0 Å². The lowest BCUT2D eigenvalue weighted by molar-refractivity contribution is 0.415. The summed E-state index contributed by atoms with van der Waals surface area (Å²) in [5.74, 6) is 0.906. The molecule has 3 aromatic rings. The van der Waals surface area contributed by atoms with E-state index in [-0.39, 0.29) is 0 Å². The number of rotatable bonds is 2. The van der Waals surface area contributed by atoms with Crippen molar-refractivity contribution in [3.8, 4) is 17.2 Å². The molecule has 4 nitrogen and oxygen atoms in total. The maximum Gasteiger partial charge on any atom is 0.347 e. The number of fused-ring (bicyclic) bond motifs is 1. The summed E-state index contributed by atoms with van der Waals surface area (Å²) in [5, 5.41) is 0.408. The molecule has 0 radical (unpaired) electrons. The summed E-state index contributed by atoms with van der Waals surface area (Å²) in [7, 11) is 1.55. The molecule has 5 heteroatoms. The van der Waals surface area contributed by atoms with E-state index in [2.05, 4.69) is 20.9 Å². The summed E-state index contributed by atoms with van der Waals surface area (Å²) in [6, 6.07) is 12.5. The number of benzene rings is 2. The zero-order chi connectivity index (χ0) is 14.1. The van der Waals surface area contributed by atoms with E-state index >= 15 is 0 Å². The fourth-order valence-electron chi connectivity index (χ4n) is 1.89. The van der Waals surface area contributed by atoms with Gasteiger partial charge in [-0.25, -0.2) is 9.78 Å². The van der Waals surface area contributed by atoms with E-state index in [0.717, 1.165) is 10.0 Å². The quantitative estimate of drug-likeness (QED) is 0.719. The van der Waals surface area contributed by atoms with Crippen molar-refractivity contribution < 1.29 is 9.15 Å². The van der Waals surface area contributed by atoms with E-state index < -0.39 is 5.63 Å². The molecule has 0 aliphatic carbocycles. The lowest BCUT2D eigenvalue weighted by Gasteiger charge is -2.03. The Morgan fingerprint density at radius 2 is 1.90 bits per heavy atom. The molecule has 1 aromatic heterocycles. The molecular formula is C15H10BrNO3. The normalized spacial score (nSPS) is 10.7. The summed E-state index contributed by atoms with van der Waals surface area (Å²) in [6.45, 7) is 0. The predicted molar refractivity (Wildman–Crippen MR) is 80.0 cm³/mol. The Morgan fingerprint density at radius 3 is 2.60 bits per heavy atom. The monoisotopic (exact) mass is 331 g/mol. The first-order chi connectivity index (χ1) is 9.67. The van der Waals surface area contributed by atoms with Crippen molar-refractivity contribution in [3.05, 3.63) is 57.4 Å². The van der Waals surface area contributed by atoms with Crippen molar-refractivity contribution >= 4 is 26.8 Å².